The lowest BCUT2D eigenvalue weighted by atomic mass is 10.3. The molecule has 0 aliphatic heterocycles. The van der Waals surface area contributed by atoms with E-state index >= 15 is 0 Å². The Morgan fingerprint density at radius 2 is 2.00 bits per heavy atom. The summed E-state index contributed by atoms with van der Waals surface area (Å²) in [6.45, 7) is 2.01. The minimum absolute atomic E-state index is 0.0820. The molecule has 0 unspecified atom stereocenters. The third kappa shape index (κ3) is 3.63. The molecule has 0 amide bonds. The van der Waals surface area contributed by atoms with Crippen molar-refractivity contribution in [2.45, 2.75) is 31.1 Å². The van der Waals surface area contributed by atoms with Gasteiger partial charge in [0.1, 0.15) is 5.82 Å². The van der Waals surface area contributed by atoms with Crippen LogP contribution in [0.4, 0.5) is 4.39 Å². The lowest BCUT2D eigenvalue weighted by molar-refractivity contribution is 0.586. The Bertz CT molecular complexity index is 412. The van der Waals surface area contributed by atoms with Gasteiger partial charge in [-0.25, -0.2) is 12.8 Å². The van der Waals surface area contributed by atoms with Gasteiger partial charge in [0.2, 0.25) is 0 Å². The molecular weight excluding hydrogens is 215 g/mol. The predicted octanol–water partition coefficient (Wildman–Crippen LogP) is 2.79. The van der Waals surface area contributed by atoms with Crippen LogP contribution in [0.2, 0.25) is 0 Å². The van der Waals surface area contributed by atoms with Gasteiger partial charge in [-0.3, -0.25) is 0 Å². The Kier molecular flexibility index (Phi) is 4.27. The summed E-state index contributed by atoms with van der Waals surface area (Å²) in [5.41, 5.74) is 0. The summed E-state index contributed by atoms with van der Waals surface area (Å²) in [6.07, 6.45) is 2.49. The van der Waals surface area contributed by atoms with Gasteiger partial charge in [-0.2, -0.15) is 0 Å². The Morgan fingerprint density at radius 3 is 2.60 bits per heavy atom. The summed E-state index contributed by atoms with van der Waals surface area (Å²) in [5.74, 6) is -0.406. The van der Waals surface area contributed by atoms with E-state index in [2.05, 4.69) is 0 Å². The molecule has 0 atom stereocenters. The number of hydrogen-bond acceptors (Lipinski definition) is 2. The smallest absolute Gasteiger partial charge is 0.178 e. The predicted molar refractivity (Wildman–Crippen MR) is 58.0 cm³/mol. The second-order valence-corrected chi connectivity index (χ2v) is 5.59. The van der Waals surface area contributed by atoms with Gasteiger partial charge in [0.25, 0.3) is 0 Å². The van der Waals surface area contributed by atoms with Gasteiger partial charge in [-0.15, -0.1) is 0 Å². The summed E-state index contributed by atoms with van der Waals surface area (Å²) in [6, 6.07) is 5.17. The molecular formula is C11H15FO2S. The van der Waals surface area contributed by atoms with Crippen LogP contribution in [0, 0.1) is 5.82 Å². The monoisotopic (exact) mass is 230 g/mol. The van der Waals surface area contributed by atoms with E-state index in [1.807, 2.05) is 6.92 Å². The van der Waals surface area contributed by atoms with Crippen LogP contribution >= 0.6 is 0 Å². The molecule has 0 spiro atoms. The molecule has 1 rings (SSSR count). The molecule has 0 radical (unpaired) electrons. The molecule has 0 aromatic heterocycles. The molecule has 4 heteroatoms. The molecule has 0 N–H and O–H groups in total. The number of hydrogen-bond donors (Lipinski definition) is 0. The highest BCUT2D eigenvalue weighted by atomic mass is 32.2. The molecule has 0 heterocycles. The fourth-order valence-corrected chi connectivity index (χ4v) is 2.72. The summed E-state index contributed by atoms with van der Waals surface area (Å²) in [4.78, 5) is 0.0820. The molecule has 1 aromatic rings. The SMILES string of the molecule is CCCCCS(=O)(=O)c1cccc(F)c1. The number of sulfone groups is 1. The van der Waals surface area contributed by atoms with Gasteiger partial charge in [0.15, 0.2) is 9.84 Å². The van der Waals surface area contributed by atoms with Gasteiger partial charge in [-0.05, 0) is 24.6 Å². The Morgan fingerprint density at radius 1 is 1.27 bits per heavy atom. The molecule has 0 bridgehead atoms. The zero-order chi connectivity index (χ0) is 11.3. The molecule has 0 aliphatic rings. The van der Waals surface area contributed by atoms with Crippen LogP contribution in [-0.2, 0) is 9.84 Å². The first-order valence-corrected chi connectivity index (χ1v) is 6.70. The van der Waals surface area contributed by atoms with E-state index in [-0.39, 0.29) is 10.6 Å². The molecule has 0 aliphatic carbocycles. The van der Waals surface area contributed by atoms with Crippen molar-refractivity contribution in [2.24, 2.45) is 0 Å². The van der Waals surface area contributed by atoms with Crippen molar-refractivity contribution in [3.63, 3.8) is 0 Å². The van der Waals surface area contributed by atoms with E-state index < -0.39 is 15.7 Å². The van der Waals surface area contributed by atoms with Gasteiger partial charge in [0.05, 0.1) is 10.6 Å². The van der Waals surface area contributed by atoms with Crippen LogP contribution in [0.1, 0.15) is 26.2 Å². The highest BCUT2D eigenvalue weighted by Crippen LogP contribution is 2.14. The van der Waals surface area contributed by atoms with E-state index in [0.29, 0.717) is 6.42 Å². The fraction of sp³-hybridized carbons (Fsp3) is 0.455. The highest BCUT2D eigenvalue weighted by molar-refractivity contribution is 7.91. The first-order valence-electron chi connectivity index (χ1n) is 5.04. The molecule has 1 aromatic carbocycles. The van der Waals surface area contributed by atoms with Crippen LogP contribution in [-0.4, -0.2) is 14.2 Å². The molecule has 0 fully saturated rings. The first-order chi connectivity index (χ1) is 7.06. The van der Waals surface area contributed by atoms with Crippen molar-refractivity contribution in [2.75, 3.05) is 5.75 Å². The Labute approximate surface area is 90.0 Å². The lowest BCUT2D eigenvalue weighted by Gasteiger charge is -2.03. The number of unbranched alkanes of at least 4 members (excludes halogenated alkanes) is 2. The van der Waals surface area contributed by atoms with Crippen LogP contribution in [0.15, 0.2) is 29.2 Å². The topological polar surface area (TPSA) is 34.1 Å². The number of halogens is 1. The molecule has 0 saturated heterocycles. The second kappa shape index (κ2) is 5.26. The zero-order valence-corrected chi connectivity index (χ0v) is 9.56. The van der Waals surface area contributed by atoms with Gasteiger partial charge >= 0.3 is 0 Å². The number of benzene rings is 1. The van der Waals surface area contributed by atoms with E-state index in [0.717, 1.165) is 18.9 Å². The molecule has 2 nitrogen and oxygen atoms in total. The Balaban J connectivity index is 2.77. The minimum Gasteiger partial charge on any atom is -0.224 e. The number of rotatable bonds is 5. The van der Waals surface area contributed by atoms with Crippen molar-refractivity contribution in [3.05, 3.63) is 30.1 Å². The summed E-state index contributed by atoms with van der Waals surface area (Å²) < 4.78 is 36.2. The van der Waals surface area contributed by atoms with Crippen molar-refractivity contribution < 1.29 is 12.8 Å². The third-order valence-electron chi connectivity index (χ3n) is 2.17. The minimum atomic E-state index is -3.30. The quantitative estimate of drug-likeness (QED) is 0.729. The van der Waals surface area contributed by atoms with Crippen LogP contribution in [0.25, 0.3) is 0 Å². The fourth-order valence-electron chi connectivity index (χ4n) is 1.32. The van der Waals surface area contributed by atoms with Gasteiger partial charge < -0.3 is 0 Å². The Hall–Kier alpha value is -0.900. The van der Waals surface area contributed by atoms with Crippen molar-refractivity contribution in [1.82, 2.24) is 0 Å². The average molecular weight is 230 g/mol. The maximum Gasteiger partial charge on any atom is 0.178 e. The molecule has 0 saturated carbocycles. The summed E-state index contributed by atoms with van der Waals surface area (Å²) in [7, 11) is -3.30. The van der Waals surface area contributed by atoms with Gasteiger partial charge in [-0.1, -0.05) is 25.8 Å². The maximum atomic E-state index is 12.8. The highest BCUT2D eigenvalue weighted by Gasteiger charge is 2.13. The molecule has 84 valence electrons. The van der Waals surface area contributed by atoms with Crippen molar-refractivity contribution >= 4 is 9.84 Å². The van der Waals surface area contributed by atoms with Crippen LogP contribution < -0.4 is 0 Å². The van der Waals surface area contributed by atoms with Crippen molar-refractivity contribution in [1.29, 1.82) is 0 Å². The first kappa shape index (κ1) is 12.2. The van der Waals surface area contributed by atoms with E-state index in [4.69, 9.17) is 0 Å². The van der Waals surface area contributed by atoms with E-state index in [1.165, 1.54) is 18.2 Å². The van der Waals surface area contributed by atoms with Crippen LogP contribution in [0.5, 0.6) is 0 Å². The van der Waals surface area contributed by atoms with Gasteiger partial charge in [0, 0.05) is 0 Å². The molecule has 15 heavy (non-hydrogen) atoms. The van der Waals surface area contributed by atoms with Crippen LogP contribution in [0.3, 0.4) is 0 Å². The zero-order valence-electron chi connectivity index (χ0n) is 8.74. The summed E-state index contributed by atoms with van der Waals surface area (Å²) in [5, 5.41) is 0. The standard InChI is InChI=1S/C11H15FO2S/c1-2-3-4-8-15(13,14)11-7-5-6-10(12)9-11/h5-7,9H,2-4,8H2,1H3. The average Bonchev–Trinajstić information content (AvgIpc) is 2.18. The maximum absolute atomic E-state index is 12.8. The normalized spacial score (nSPS) is 11.6. The van der Waals surface area contributed by atoms with E-state index in [9.17, 15) is 12.8 Å². The lowest BCUT2D eigenvalue weighted by Crippen LogP contribution is -2.06. The van der Waals surface area contributed by atoms with Crippen molar-refractivity contribution in [3.8, 4) is 0 Å². The second-order valence-electron chi connectivity index (χ2n) is 3.48. The summed E-state index contributed by atoms with van der Waals surface area (Å²) >= 11 is 0. The van der Waals surface area contributed by atoms with E-state index in [1.54, 1.807) is 0 Å². The third-order valence-corrected chi connectivity index (χ3v) is 3.97. The largest absolute Gasteiger partial charge is 0.224 e.